The fourth-order valence-corrected chi connectivity index (χ4v) is 15.3. The highest BCUT2D eigenvalue weighted by Gasteiger charge is 2.24. The molecule has 0 N–H and O–H groups in total. The lowest BCUT2D eigenvalue weighted by atomic mass is 10.1. The quantitative estimate of drug-likeness (QED) is 0.0194. The van der Waals surface area contributed by atoms with Crippen molar-refractivity contribution in [3.63, 3.8) is 0 Å². The van der Waals surface area contributed by atoms with Gasteiger partial charge in [0.2, 0.25) is 0 Å². The summed E-state index contributed by atoms with van der Waals surface area (Å²) in [7, 11) is 0. The number of carbonyl (C=O) groups excluding carboxylic acids is 10. The van der Waals surface area contributed by atoms with Gasteiger partial charge in [0.15, 0.2) is 0 Å². The van der Waals surface area contributed by atoms with Crippen LogP contribution >= 0.6 is 0 Å². The normalized spacial score (nSPS) is 10.9. The molecule has 0 spiro atoms. The highest BCUT2D eigenvalue weighted by atomic mass is 16.6. The third-order valence-electron chi connectivity index (χ3n) is 23.4. The van der Waals surface area contributed by atoms with E-state index in [1.165, 1.54) is 288 Å². The summed E-state index contributed by atoms with van der Waals surface area (Å²) in [6, 6.07) is 56.9. The Labute approximate surface area is 829 Å². The number of benzene rings is 10. The van der Waals surface area contributed by atoms with Gasteiger partial charge in [-0.1, -0.05) is 227 Å². The van der Waals surface area contributed by atoms with Crippen LogP contribution in [-0.2, 0) is 9.59 Å². The molecule has 748 valence electrons. The molecule has 0 saturated carbocycles. The Balaban J connectivity index is 0.731. The van der Waals surface area contributed by atoms with Crippen molar-refractivity contribution in [2.75, 3.05) is 26.4 Å². The van der Waals surface area contributed by atoms with Gasteiger partial charge in [-0.25, -0.2) is 38.4 Å². The van der Waals surface area contributed by atoms with Crippen LogP contribution in [-0.4, -0.2) is 86.1 Å². The first-order chi connectivity index (χ1) is 68.8. The zero-order valence-corrected chi connectivity index (χ0v) is 82.1. The van der Waals surface area contributed by atoms with E-state index in [2.05, 4.69) is 27.7 Å². The lowest BCUT2D eigenvalue weighted by Gasteiger charge is -2.12. The summed E-state index contributed by atoms with van der Waals surface area (Å²) in [6.07, 6.45) is 39.9. The number of ether oxygens (including phenoxy) is 14. The van der Waals surface area contributed by atoms with Crippen LogP contribution in [0.15, 0.2) is 231 Å². The topological polar surface area (TPSA) is 300 Å². The van der Waals surface area contributed by atoms with Crippen molar-refractivity contribution in [2.24, 2.45) is 0 Å². The van der Waals surface area contributed by atoms with Gasteiger partial charge in [0.05, 0.1) is 70.9 Å². The third kappa shape index (κ3) is 41.6. The van der Waals surface area contributed by atoms with E-state index in [9.17, 15) is 47.9 Å². The maximum atomic E-state index is 14.1. The summed E-state index contributed by atoms with van der Waals surface area (Å²) in [6.45, 7) is 11.2. The minimum absolute atomic E-state index is 0.0265. The first kappa shape index (κ1) is 109. The molecule has 0 aliphatic rings. The van der Waals surface area contributed by atoms with E-state index in [0.717, 1.165) is 51.4 Å². The molecule has 0 aliphatic heterocycles. The zero-order valence-electron chi connectivity index (χ0n) is 82.1. The molecule has 0 aromatic heterocycles. The molecule has 24 nitrogen and oxygen atoms in total. The molecule has 0 bridgehead atoms. The largest absolute Gasteiger partial charge is 0.494 e. The lowest BCUT2D eigenvalue weighted by molar-refractivity contribution is -0.135. The summed E-state index contributed by atoms with van der Waals surface area (Å²) >= 11 is 0. The van der Waals surface area contributed by atoms with Crippen LogP contribution in [0.1, 0.15) is 361 Å². The van der Waals surface area contributed by atoms with Gasteiger partial charge < -0.3 is 66.3 Å². The average Bonchev–Trinajstić information content (AvgIpc) is 0.821. The van der Waals surface area contributed by atoms with Crippen molar-refractivity contribution in [1.29, 1.82) is 0 Å². The Morgan fingerprint density at radius 3 is 0.482 bits per heavy atom. The van der Waals surface area contributed by atoms with Gasteiger partial charge in [-0.05, 0) is 269 Å². The minimum atomic E-state index is -0.960. The van der Waals surface area contributed by atoms with Crippen molar-refractivity contribution in [3.8, 4) is 80.5 Å². The second-order valence-corrected chi connectivity index (χ2v) is 35.1. The van der Waals surface area contributed by atoms with E-state index >= 15 is 0 Å². The molecule has 0 atom stereocenters. The van der Waals surface area contributed by atoms with Crippen LogP contribution in [0.3, 0.4) is 0 Å². The fourth-order valence-electron chi connectivity index (χ4n) is 15.3. The standard InChI is InChI=1S/C117H136O24/c1-5-9-13-17-21-25-32-38-76-128-94-60-68-102(69-61-94)134-110(120)86-44-52-98(53-45-86)138-114(124)90-80-91(115(125)139-99-54-46-87(47-55-99)111(121)135-103-70-62-95(63-71-103)129-77-39-33-26-22-18-14-10-6-2)83-106(82-90)132-108(118)42-36-30-29-31-37-43-109(119)133-107-84-92(116(126)140-100-56-48-88(49-57-100)112(122)136-104-72-64-96(65-73-104)130-78-40-34-27-23-19-15-11-7-3)81-93(85-107)117(127)141-101-58-50-89(51-59-101)113(123)137-105-74-66-97(67-75-105)131-79-41-35-28-24-20-16-12-8-4/h44-75,80-85H,5-43,76-79H2,1-4H3. The smallest absolute Gasteiger partial charge is 0.343 e. The number of unbranched alkanes of at least 4 members (excludes halogenated alkanes) is 32. The van der Waals surface area contributed by atoms with Gasteiger partial charge in [-0.15, -0.1) is 0 Å². The Hall–Kier alpha value is -13.9. The predicted octanol–water partition coefficient (Wildman–Crippen LogP) is 28.8. The molecular weight excluding hydrogens is 1790 g/mol. The minimum Gasteiger partial charge on any atom is -0.494 e. The highest BCUT2D eigenvalue weighted by Crippen LogP contribution is 2.32. The number of hydrogen-bond donors (Lipinski definition) is 0. The van der Waals surface area contributed by atoms with E-state index in [-0.39, 0.29) is 91.8 Å². The predicted molar refractivity (Wildman–Crippen MR) is 540 cm³/mol. The van der Waals surface area contributed by atoms with Crippen LogP contribution in [0.25, 0.3) is 0 Å². The molecule has 0 aliphatic carbocycles. The molecule has 141 heavy (non-hydrogen) atoms. The number of carbonyl (C=O) groups is 10. The van der Waals surface area contributed by atoms with Gasteiger partial charge in [0.1, 0.15) is 80.5 Å². The number of esters is 10. The van der Waals surface area contributed by atoms with Gasteiger partial charge in [0, 0.05) is 12.8 Å². The molecular formula is C117H136O24. The van der Waals surface area contributed by atoms with E-state index in [1.54, 1.807) is 97.1 Å². The van der Waals surface area contributed by atoms with Gasteiger partial charge >= 0.3 is 59.7 Å². The van der Waals surface area contributed by atoms with Crippen LogP contribution in [0.4, 0.5) is 0 Å². The van der Waals surface area contributed by atoms with E-state index in [0.29, 0.717) is 105 Å². The Kier molecular flexibility index (Phi) is 48.7. The van der Waals surface area contributed by atoms with Gasteiger partial charge in [0.25, 0.3) is 0 Å². The van der Waals surface area contributed by atoms with Crippen molar-refractivity contribution in [3.05, 3.63) is 275 Å². The van der Waals surface area contributed by atoms with E-state index in [4.69, 9.17) is 66.3 Å². The zero-order chi connectivity index (χ0) is 99.7. The monoisotopic (exact) mass is 1920 g/mol. The van der Waals surface area contributed by atoms with Crippen molar-refractivity contribution in [2.45, 2.75) is 278 Å². The molecule has 0 saturated heterocycles. The molecule has 10 aromatic rings. The molecule has 10 aromatic carbocycles. The average molecular weight is 1930 g/mol. The molecule has 0 fully saturated rings. The molecule has 0 radical (unpaired) electrons. The fraction of sp³-hybridized carbons (Fsp3) is 0.402. The van der Waals surface area contributed by atoms with Crippen molar-refractivity contribution in [1.82, 2.24) is 0 Å². The van der Waals surface area contributed by atoms with Crippen molar-refractivity contribution >= 4 is 59.7 Å². The van der Waals surface area contributed by atoms with E-state index in [1.807, 2.05) is 0 Å². The molecule has 0 heterocycles. The van der Waals surface area contributed by atoms with E-state index < -0.39 is 59.7 Å². The molecule has 10 rings (SSSR count). The Bertz CT molecular complexity index is 4830. The van der Waals surface area contributed by atoms with Crippen molar-refractivity contribution < 1.29 is 114 Å². The van der Waals surface area contributed by atoms with Crippen LogP contribution in [0.2, 0.25) is 0 Å². The molecule has 0 unspecified atom stereocenters. The van der Waals surface area contributed by atoms with Crippen LogP contribution < -0.4 is 66.3 Å². The summed E-state index contributed by atoms with van der Waals surface area (Å²) in [5, 5.41) is 0. The van der Waals surface area contributed by atoms with Gasteiger partial charge in [-0.2, -0.15) is 0 Å². The maximum Gasteiger partial charge on any atom is 0.343 e. The molecule has 24 heteroatoms. The summed E-state index contributed by atoms with van der Waals surface area (Å²) < 4.78 is 80.6. The highest BCUT2D eigenvalue weighted by molar-refractivity contribution is 6.00. The second-order valence-electron chi connectivity index (χ2n) is 35.1. The van der Waals surface area contributed by atoms with Gasteiger partial charge in [-0.3, -0.25) is 9.59 Å². The summed E-state index contributed by atoms with van der Waals surface area (Å²) in [4.78, 5) is 137. The number of rotatable bonds is 66. The van der Waals surface area contributed by atoms with Crippen LogP contribution in [0, 0.1) is 0 Å². The Morgan fingerprint density at radius 1 is 0.149 bits per heavy atom. The summed E-state index contributed by atoms with van der Waals surface area (Å²) in [5.41, 5.74) is -0.203. The summed E-state index contributed by atoms with van der Waals surface area (Å²) in [5.74, 6) is -4.37. The SMILES string of the molecule is CCCCCCCCCCOc1ccc(OC(=O)c2ccc(OC(=O)c3cc(OC(=O)CCCCCCCC(=O)Oc4cc(C(=O)Oc5ccc(C(=O)Oc6ccc(OCCCCCCCCCC)cc6)cc5)cc(C(=O)Oc5ccc(C(=O)Oc6ccc(OCCCCCCCCCC)cc6)cc5)c4)cc(C(=O)Oc4ccc(C(=O)Oc5ccc(OCCCCCCCCCC)cc5)cc4)c3)cc2)cc1. The maximum absolute atomic E-state index is 14.1. The number of hydrogen-bond acceptors (Lipinski definition) is 24. The van der Waals surface area contributed by atoms with Crippen LogP contribution in [0.5, 0.6) is 80.5 Å². The first-order valence-corrected chi connectivity index (χ1v) is 50.7. The first-order valence-electron chi connectivity index (χ1n) is 50.7. The third-order valence-corrected chi connectivity index (χ3v) is 23.4. The molecule has 0 amide bonds. The lowest BCUT2D eigenvalue weighted by Crippen LogP contribution is -2.15. The Morgan fingerprint density at radius 2 is 0.298 bits per heavy atom. The second kappa shape index (κ2) is 62.9.